The summed E-state index contributed by atoms with van der Waals surface area (Å²) in [6.45, 7) is 45.7. The number of halogens is 2. The van der Waals surface area contributed by atoms with Gasteiger partial charge in [0, 0.05) is 151 Å². The summed E-state index contributed by atoms with van der Waals surface area (Å²) >= 11 is 12.1. The number of aromatic carboxylic acids is 5. The molecule has 2 aliphatic rings. The summed E-state index contributed by atoms with van der Waals surface area (Å²) in [5.41, 5.74) is 24.1. The van der Waals surface area contributed by atoms with Crippen LogP contribution in [0.25, 0.3) is 87.7 Å². The number of rotatable bonds is 26. The Morgan fingerprint density at radius 3 is 1.31 bits per heavy atom. The van der Waals surface area contributed by atoms with Gasteiger partial charge in [0.15, 0.2) is 0 Å². The van der Waals surface area contributed by atoms with E-state index in [0.717, 1.165) is 146 Å². The number of hydrazine groups is 1. The first-order valence-electron chi connectivity index (χ1n) is 49.9. The van der Waals surface area contributed by atoms with Crippen LogP contribution in [0.5, 0.6) is 0 Å². The summed E-state index contributed by atoms with van der Waals surface area (Å²) < 4.78 is 19.0. The van der Waals surface area contributed by atoms with E-state index < -0.39 is 29.8 Å². The van der Waals surface area contributed by atoms with Gasteiger partial charge in [-0.25, -0.2) is 29.8 Å². The lowest BCUT2D eigenvalue weighted by Crippen LogP contribution is -2.33. The van der Waals surface area contributed by atoms with Gasteiger partial charge in [-0.1, -0.05) is 207 Å². The molecule has 0 radical (unpaired) electrons. The van der Waals surface area contributed by atoms with E-state index in [-0.39, 0.29) is 16.5 Å². The molecule has 30 heteroatoms. The summed E-state index contributed by atoms with van der Waals surface area (Å²) in [5, 5.41) is 67.7. The lowest BCUT2D eigenvalue weighted by atomic mass is 9.93. The molecule has 7 aromatic carbocycles. The largest absolute Gasteiger partial charge is 0.478 e. The molecule has 2 saturated heterocycles. The van der Waals surface area contributed by atoms with Gasteiger partial charge in [0.05, 0.1) is 63.6 Å². The number of aromatic nitrogens is 12. The number of nitrogens with two attached hydrogens (primary N) is 1. The average molecular weight is 2000 g/mol. The Kier molecular flexibility index (Phi) is 36.9. The average Bonchev–Trinajstić information content (AvgIpc) is 1.62. The maximum Gasteiger partial charge on any atom is 0.352 e. The minimum absolute atomic E-state index is 0.160. The monoisotopic (exact) mass is 2000 g/mol. The third-order valence-corrected chi connectivity index (χ3v) is 27.8. The smallest absolute Gasteiger partial charge is 0.352 e. The highest BCUT2D eigenvalue weighted by Crippen LogP contribution is 2.40. The number of aryl methyl sites for hydroxylation is 5. The Morgan fingerprint density at radius 1 is 0.410 bits per heavy atom. The van der Waals surface area contributed by atoms with Crippen molar-refractivity contribution < 1.29 is 59.0 Å². The van der Waals surface area contributed by atoms with Gasteiger partial charge in [0.1, 0.15) is 22.8 Å². The molecule has 18 rings (SSSR count). The zero-order valence-electron chi connectivity index (χ0n) is 87.3. The van der Waals surface area contributed by atoms with Crippen molar-refractivity contribution in [2.45, 2.75) is 223 Å². The van der Waals surface area contributed by atoms with Gasteiger partial charge >= 0.3 is 29.8 Å². The van der Waals surface area contributed by atoms with Crippen LogP contribution >= 0.6 is 23.2 Å². The number of ether oxygens (including phenoxy) is 1. The number of piperidine rings is 1. The van der Waals surface area contributed by atoms with Crippen LogP contribution in [0.4, 0.5) is 0 Å². The molecule has 0 saturated carbocycles. The molecule has 0 atom stereocenters. The van der Waals surface area contributed by atoms with Gasteiger partial charge in [0.25, 0.3) is 5.91 Å². The number of pyridine rings is 1. The number of carboxylic acid groups (broad SMARTS) is 5. The summed E-state index contributed by atoms with van der Waals surface area (Å²) in [6, 6.07) is 47.1. The van der Waals surface area contributed by atoms with E-state index in [1.807, 2.05) is 128 Å². The summed E-state index contributed by atoms with van der Waals surface area (Å²) in [7, 11) is 9.37. The molecular weight excluding hydrogens is 1860 g/mol. The van der Waals surface area contributed by atoms with Crippen molar-refractivity contribution in [3.8, 4) is 11.4 Å². The minimum atomic E-state index is -0.990. The lowest BCUT2D eigenvalue weighted by molar-refractivity contribution is 0.0673. The molecule has 8 N–H and O–H groups in total. The number of tetrazole rings is 1. The van der Waals surface area contributed by atoms with Gasteiger partial charge in [-0.05, 0) is 240 Å². The maximum atomic E-state index is 11.7. The predicted molar refractivity (Wildman–Crippen MR) is 579 cm³/mol. The van der Waals surface area contributed by atoms with E-state index >= 15 is 0 Å². The molecule has 0 aliphatic carbocycles. The number of carbonyl (C=O) groups is 6. The lowest BCUT2D eigenvalue weighted by Gasteiger charge is -2.26. The zero-order chi connectivity index (χ0) is 105. The Hall–Kier alpha value is -13.2. The van der Waals surface area contributed by atoms with Gasteiger partial charge in [-0.2, -0.15) is 4.80 Å². The van der Waals surface area contributed by atoms with Gasteiger partial charge in [-0.15, -0.1) is 10.2 Å². The van der Waals surface area contributed by atoms with Gasteiger partial charge in [0.2, 0.25) is 5.82 Å². The van der Waals surface area contributed by atoms with E-state index in [1.54, 1.807) is 50.6 Å². The number of nitrogens with one attached hydrogen (secondary N) is 1. The quantitative estimate of drug-likeness (QED) is 0.0150. The van der Waals surface area contributed by atoms with Crippen molar-refractivity contribution in [2.75, 3.05) is 53.0 Å². The Balaban J connectivity index is 0.000000150. The molecule has 16 aromatic rings. The van der Waals surface area contributed by atoms with Crippen molar-refractivity contribution in [1.82, 2.24) is 72.4 Å². The number of likely N-dealkylation sites (tertiary alicyclic amines) is 2. The molecule has 0 bridgehead atoms. The van der Waals surface area contributed by atoms with E-state index in [1.165, 1.54) is 81.2 Å². The SMILES string of the molecule is CC(C)c1cccc2c1cc(C(=O)O)n2CCN1CCCC1.CC(C)c1cccc2c1cc(C(=O)O)n2CCN1CCCCC1.CC(C)c1cn(C)c2c(-c3nnn(C)n3)cccc12.CC(C)c1cn(C)c2cc(Cl)c(C(=O)NN)cc12.CC(C)c1cn(C)c2cc(Cl)c(C(=O)O)cc12.COCCn1c(C(=O)O)cc2cc(C(C)C)cc(C(C)C)c21.Cc1ccc(Cn2c(C(=O)O)cc3cccc(C(C)C)c32)nc1. The molecule has 764 valence electrons. The topological polar surface area (TPSA) is 348 Å². The fourth-order valence-corrected chi connectivity index (χ4v) is 20.1. The fraction of sp³-hybridized carbons (Fsp3) is 0.404. The number of para-hydroxylation sites is 2. The van der Waals surface area contributed by atoms with Crippen molar-refractivity contribution in [3.63, 3.8) is 0 Å². The van der Waals surface area contributed by atoms with Gasteiger partial charge < -0.3 is 72.0 Å². The fourth-order valence-electron chi connectivity index (χ4n) is 19.6. The number of carboxylic acids is 5. The molecule has 2 aliphatic heterocycles. The van der Waals surface area contributed by atoms with Crippen molar-refractivity contribution in [1.29, 1.82) is 0 Å². The van der Waals surface area contributed by atoms with Crippen molar-refractivity contribution in [3.05, 3.63) is 270 Å². The van der Waals surface area contributed by atoms with Crippen molar-refractivity contribution in [2.24, 2.45) is 34.0 Å². The number of fused-ring (bicyclic) bond motifs is 7. The normalized spacial score (nSPS) is 12.9. The number of amides is 1. The Morgan fingerprint density at radius 2 is 0.847 bits per heavy atom. The number of hydrogen-bond acceptors (Lipinski definition) is 14. The van der Waals surface area contributed by atoms with Crippen LogP contribution in [0.2, 0.25) is 10.0 Å². The number of carbonyl (C=O) groups excluding carboxylic acids is 1. The molecule has 1 amide bonds. The number of methoxy groups -OCH3 is 1. The van der Waals surface area contributed by atoms with Crippen LogP contribution in [0, 0.1) is 6.92 Å². The van der Waals surface area contributed by atoms with E-state index in [0.29, 0.717) is 106 Å². The van der Waals surface area contributed by atoms with Crippen LogP contribution < -0.4 is 11.3 Å². The Bertz CT molecular complexity index is 7280. The van der Waals surface area contributed by atoms with Crippen LogP contribution in [-0.2, 0) is 59.1 Å². The number of nitrogen functional groups attached to an aromatic ring is 1. The third-order valence-electron chi connectivity index (χ3n) is 27.2. The number of nitrogens with zero attached hydrogens (tertiary/aromatic N) is 14. The number of benzene rings is 7. The van der Waals surface area contributed by atoms with E-state index in [9.17, 15) is 49.2 Å². The standard InChI is InChI=1S/C19H20N2O2.C19H26N2O2.C18H24N2O2.C18H25NO3.C14H17N5.C13H16ClN3O.C13H14ClNO2/c1-12(2)16-6-4-5-14-9-17(19(22)23)21(18(14)16)11-15-8-7-13(3)10-20-15;1-14(2)15-7-6-8-17-16(15)13-18(19(22)23)21(17)12-11-20-9-4-3-5-10-20;1-13(2)14-6-5-7-16-15(14)12-17(18(21)22)20(16)11-10-19-8-3-4-9-19;1-11(2)13-8-14-10-16(18(20)21)19(6-7-22-5)17(14)15(9-13)12(3)4;1-9(2)12-8-18(3)13-10(12)6-5-7-11(13)14-15-17-19(4)16-14;1-7(2)10-6-17(3)12-5-11(14)9(4-8(10)12)13(18)16-15;1-7(2)10-6-15(3)12-5-11(14)9(13(16)17)4-8(10)12/h4-10,12H,11H2,1-3H3,(H,22,23);6-8,13-14H,3-5,9-12H2,1-2H3,(H,22,23);5-7,12-13H,3-4,8-11H2,1-2H3,(H,21,22);8-12H,6-7H2,1-5H3,(H,20,21);5-9H,1-4H3;4-7H,15H2,1-3H3,(H,16,18);4-7H,1-3H3,(H,16,17). The van der Waals surface area contributed by atoms with Crippen LogP contribution in [0.3, 0.4) is 0 Å². The summed E-state index contributed by atoms with van der Waals surface area (Å²) in [6.07, 6.45) is 14.4. The molecular formula is C114H142Cl2N16O12. The van der Waals surface area contributed by atoms with Crippen LogP contribution in [-0.4, -0.2) is 181 Å². The Labute approximate surface area is 853 Å². The second-order valence-electron chi connectivity index (χ2n) is 40.1. The summed E-state index contributed by atoms with van der Waals surface area (Å²) in [4.78, 5) is 80.1. The highest BCUT2D eigenvalue weighted by molar-refractivity contribution is 6.35. The maximum absolute atomic E-state index is 11.7. The molecule has 144 heavy (non-hydrogen) atoms. The first-order valence-corrected chi connectivity index (χ1v) is 50.6. The van der Waals surface area contributed by atoms with E-state index in [2.05, 4.69) is 213 Å². The van der Waals surface area contributed by atoms with Crippen LogP contribution in [0.15, 0.2) is 170 Å². The molecule has 28 nitrogen and oxygen atoms in total. The van der Waals surface area contributed by atoms with Crippen molar-refractivity contribution >= 4 is 135 Å². The first-order chi connectivity index (χ1) is 68.4. The molecule has 0 unspecified atom stereocenters. The number of hydrogen-bond donors (Lipinski definition) is 7. The minimum Gasteiger partial charge on any atom is -0.478 e. The molecule has 9 aromatic heterocycles. The second-order valence-corrected chi connectivity index (χ2v) is 41.0. The predicted octanol–water partition coefficient (Wildman–Crippen LogP) is 24.7. The van der Waals surface area contributed by atoms with Gasteiger partial charge in [-0.3, -0.25) is 15.2 Å². The molecule has 2 fully saturated rings. The highest BCUT2D eigenvalue weighted by Gasteiger charge is 2.28. The molecule has 11 heterocycles. The molecule has 0 spiro atoms. The highest BCUT2D eigenvalue weighted by atomic mass is 35.5. The third kappa shape index (κ3) is 25.2. The first kappa shape index (κ1) is 110. The van der Waals surface area contributed by atoms with Crippen LogP contribution in [0.1, 0.15) is 309 Å². The second kappa shape index (κ2) is 48.4. The van der Waals surface area contributed by atoms with E-state index in [4.69, 9.17) is 38.9 Å². The summed E-state index contributed by atoms with van der Waals surface area (Å²) in [5.74, 6) is 4.04. The zero-order valence-corrected chi connectivity index (χ0v) is 88.8.